The second-order valence-corrected chi connectivity index (χ2v) is 12.5. The van der Waals surface area contributed by atoms with E-state index >= 15 is 0 Å². The minimum Gasteiger partial charge on any atom is -0.393 e. The molecule has 4 nitrogen and oxygen atoms in total. The summed E-state index contributed by atoms with van der Waals surface area (Å²) in [5, 5.41) is 10.2. The Morgan fingerprint density at radius 1 is 1.06 bits per heavy atom. The molecule has 4 saturated carbocycles. The summed E-state index contributed by atoms with van der Waals surface area (Å²) in [5.41, 5.74) is 1.07. The SMILES string of the molecule is C[C@H]1CN=C(C(=O)[C@H](C)[C@H]2CC[C@H]3[C@@H]4CC(=O)[C@H]5C[C@@H](O)CC[C@]5(C)[C@H]4CC[C@]23C)C1. The topological polar surface area (TPSA) is 66.7 Å². The first-order valence-corrected chi connectivity index (χ1v) is 12.9. The fourth-order valence-electron chi connectivity index (χ4n) is 9.23. The number of aliphatic imine (C=N–C) groups is 1. The third kappa shape index (κ3) is 3.21. The van der Waals surface area contributed by atoms with Gasteiger partial charge in [-0.3, -0.25) is 14.6 Å². The number of carbonyl (C=O) groups is 2. The Bertz CT molecular complexity index is 804. The highest BCUT2D eigenvalue weighted by molar-refractivity contribution is 6.41. The van der Waals surface area contributed by atoms with E-state index in [0.29, 0.717) is 54.0 Å². The van der Waals surface area contributed by atoms with Crippen molar-refractivity contribution in [3.63, 3.8) is 0 Å². The van der Waals surface area contributed by atoms with E-state index in [1.165, 1.54) is 19.3 Å². The van der Waals surface area contributed by atoms with Crippen LogP contribution in [-0.4, -0.2) is 35.0 Å². The molecule has 0 spiro atoms. The van der Waals surface area contributed by atoms with Crippen LogP contribution in [0.2, 0.25) is 0 Å². The second kappa shape index (κ2) is 7.50. The number of aliphatic hydroxyl groups is 1. The molecule has 0 saturated heterocycles. The molecular formula is C27H41NO3. The van der Waals surface area contributed by atoms with Gasteiger partial charge in [-0.15, -0.1) is 0 Å². The Balaban J connectivity index is 1.38. The van der Waals surface area contributed by atoms with Crippen LogP contribution in [0.3, 0.4) is 0 Å². The highest BCUT2D eigenvalue weighted by atomic mass is 16.3. The number of aliphatic hydroxyl groups excluding tert-OH is 1. The Hall–Kier alpha value is -1.03. The highest BCUT2D eigenvalue weighted by Crippen LogP contribution is 2.67. The molecule has 10 atom stereocenters. The van der Waals surface area contributed by atoms with Gasteiger partial charge in [-0.2, -0.15) is 0 Å². The van der Waals surface area contributed by atoms with Gasteiger partial charge in [0, 0.05) is 24.8 Å². The first kappa shape index (κ1) is 21.8. The van der Waals surface area contributed by atoms with E-state index in [1.54, 1.807) is 0 Å². The average molecular weight is 428 g/mol. The van der Waals surface area contributed by atoms with Crippen molar-refractivity contribution in [3.05, 3.63) is 0 Å². The molecule has 0 aromatic heterocycles. The fourth-order valence-corrected chi connectivity index (χ4v) is 9.23. The molecule has 4 heteroatoms. The first-order chi connectivity index (χ1) is 14.6. The summed E-state index contributed by atoms with van der Waals surface area (Å²) in [6.07, 6.45) is 8.43. The van der Waals surface area contributed by atoms with Crippen LogP contribution in [0.1, 0.15) is 85.5 Å². The van der Waals surface area contributed by atoms with Crippen molar-refractivity contribution in [2.45, 2.75) is 91.6 Å². The Labute approximate surface area is 187 Å². The number of carbonyl (C=O) groups excluding carboxylic acids is 2. The standard InChI is InChI=1S/C27H41NO3/c1-15-11-23(28-14-15)25(31)16(2)19-5-6-20-18-13-24(30)22-12-17(29)7-9-27(22,4)21(18)8-10-26(19,20)3/h15-22,29H,5-14H2,1-4H3/t15-,16-,17+,18+,19-,20+,21+,22-,26-,27-/m1/s1. The number of hydrogen-bond acceptors (Lipinski definition) is 4. The van der Waals surface area contributed by atoms with Crippen molar-refractivity contribution >= 4 is 17.3 Å². The molecular weight excluding hydrogens is 386 g/mol. The van der Waals surface area contributed by atoms with Crippen molar-refractivity contribution in [2.75, 3.05) is 6.54 Å². The van der Waals surface area contributed by atoms with E-state index < -0.39 is 0 Å². The highest BCUT2D eigenvalue weighted by Gasteiger charge is 2.62. The van der Waals surface area contributed by atoms with Crippen molar-refractivity contribution < 1.29 is 14.7 Å². The average Bonchev–Trinajstić information content (AvgIpc) is 3.31. The van der Waals surface area contributed by atoms with E-state index in [4.69, 9.17) is 0 Å². The van der Waals surface area contributed by atoms with Gasteiger partial charge in [0.25, 0.3) is 0 Å². The van der Waals surface area contributed by atoms with E-state index in [0.717, 1.165) is 37.9 Å². The van der Waals surface area contributed by atoms with Gasteiger partial charge in [0.05, 0.1) is 11.8 Å². The van der Waals surface area contributed by atoms with Crippen molar-refractivity contribution in [3.8, 4) is 0 Å². The minimum atomic E-state index is -0.295. The third-order valence-corrected chi connectivity index (χ3v) is 10.9. The van der Waals surface area contributed by atoms with E-state index in [9.17, 15) is 14.7 Å². The van der Waals surface area contributed by atoms with Crippen LogP contribution in [0.15, 0.2) is 4.99 Å². The molecule has 0 unspecified atom stereocenters. The lowest BCUT2D eigenvalue weighted by molar-refractivity contribution is -0.160. The Morgan fingerprint density at radius 2 is 1.77 bits per heavy atom. The molecule has 1 heterocycles. The number of rotatable bonds is 3. The van der Waals surface area contributed by atoms with Crippen molar-refractivity contribution in [1.29, 1.82) is 0 Å². The lowest BCUT2D eigenvalue weighted by Crippen LogP contribution is -2.57. The van der Waals surface area contributed by atoms with E-state index in [1.807, 2.05) is 0 Å². The predicted octanol–water partition coefficient (Wildman–Crippen LogP) is 4.87. The first-order valence-electron chi connectivity index (χ1n) is 12.9. The van der Waals surface area contributed by atoms with Gasteiger partial charge in [0.1, 0.15) is 5.78 Å². The Morgan fingerprint density at radius 3 is 2.48 bits per heavy atom. The third-order valence-electron chi connectivity index (χ3n) is 10.9. The quantitative estimate of drug-likeness (QED) is 0.699. The summed E-state index contributed by atoms with van der Waals surface area (Å²) in [6.45, 7) is 9.94. The molecule has 1 aliphatic heterocycles. The normalized spacial score (nSPS) is 50.3. The molecule has 1 N–H and O–H groups in total. The number of ketones is 2. The summed E-state index contributed by atoms with van der Waals surface area (Å²) in [5.74, 6) is 3.36. The van der Waals surface area contributed by atoms with Gasteiger partial charge in [-0.05, 0) is 91.8 Å². The molecule has 4 fully saturated rings. The maximum absolute atomic E-state index is 13.3. The zero-order valence-corrected chi connectivity index (χ0v) is 19.9. The molecule has 5 rings (SSSR count). The lowest BCUT2D eigenvalue weighted by atomic mass is 9.44. The molecule has 31 heavy (non-hydrogen) atoms. The summed E-state index contributed by atoms with van der Waals surface area (Å²) in [6, 6.07) is 0. The van der Waals surface area contributed by atoms with Crippen LogP contribution < -0.4 is 0 Å². The maximum Gasteiger partial charge on any atom is 0.179 e. The lowest BCUT2D eigenvalue weighted by Gasteiger charge is -2.60. The predicted molar refractivity (Wildman–Crippen MR) is 122 cm³/mol. The summed E-state index contributed by atoms with van der Waals surface area (Å²) < 4.78 is 0. The number of hydrogen-bond donors (Lipinski definition) is 1. The summed E-state index contributed by atoms with van der Waals surface area (Å²) in [4.78, 5) is 31.1. The summed E-state index contributed by atoms with van der Waals surface area (Å²) in [7, 11) is 0. The van der Waals surface area contributed by atoms with Crippen molar-refractivity contribution in [2.24, 2.45) is 57.2 Å². The van der Waals surface area contributed by atoms with E-state index in [2.05, 4.69) is 32.7 Å². The zero-order chi connectivity index (χ0) is 22.1. The number of Topliss-reactive ketones (excluding diaryl/α,β-unsaturated/α-hetero) is 2. The largest absolute Gasteiger partial charge is 0.393 e. The van der Waals surface area contributed by atoms with Crippen LogP contribution >= 0.6 is 0 Å². The molecule has 0 radical (unpaired) electrons. The van der Waals surface area contributed by atoms with Gasteiger partial charge in [-0.25, -0.2) is 0 Å². The second-order valence-electron chi connectivity index (χ2n) is 12.5. The van der Waals surface area contributed by atoms with Crippen LogP contribution in [0.5, 0.6) is 0 Å². The number of nitrogens with zero attached hydrogens (tertiary/aromatic N) is 1. The minimum absolute atomic E-state index is 0.0445. The van der Waals surface area contributed by atoms with Gasteiger partial charge in [-0.1, -0.05) is 27.7 Å². The molecule has 0 amide bonds. The van der Waals surface area contributed by atoms with Gasteiger partial charge in [0.15, 0.2) is 5.78 Å². The van der Waals surface area contributed by atoms with Gasteiger partial charge < -0.3 is 5.11 Å². The summed E-state index contributed by atoms with van der Waals surface area (Å²) >= 11 is 0. The monoisotopic (exact) mass is 427 g/mol. The molecule has 0 bridgehead atoms. The van der Waals surface area contributed by atoms with Crippen molar-refractivity contribution in [1.82, 2.24) is 0 Å². The Kier molecular flexibility index (Phi) is 5.27. The fraction of sp³-hybridized carbons (Fsp3) is 0.889. The molecule has 5 aliphatic rings. The van der Waals surface area contributed by atoms with Gasteiger partial charge >= 0.3 is 0 Å². The molecule has 4 aliphatic carbocycles. The van der Waals surface area contributed by atoms with Gasteiger partial charge in [0.2, 0.25) is 0 Å². The molecule has 0 aromatic carbocycles. The molecule has 0 aromatic rings. The maximum atomic E-state index is 13.3. The van der Waals surface area contributed by atoms with Crippen LogP contribution in [-0.2, 0) is 9.59 Å². The molecule has 172 valence electrons. The van der Waals surface area contributed by atoms with Crippen LogP contribution in [0, 0.1) is 52.3 Å². The van der Waals surface area contributed by atoms with Crippen LogP contribution in [0.4, 0.5) is 0 Å². The van der Waals surface area contributed by atoms with Crippen LogP contribution in [0.25, 0.3) is 0 Å². The smallest absolute Gasteiger partial charge is 0.179 e. The number of fused-ring (bicyclic) bond motifs is 5. The zero-order valence-electron chi connectivity index (χ0n) is 19.9. The van der Waals surface area contributed by atoms with E-state index in [-0.39, 0.29) is 28.8 Å².